The van der Waals surface area contributed by atoms with E-state index < -0.39 is 34.9 Å². The molecular formula is C87H176N4Na2O15P2+2. The van der Waals surface area contributed by atoms with Crippen molar-refractivity contribution in [2.75, 3.05) is 107 Å². The summed E-state index contributed by atoms with van der Waals surface area (Å²) in [6.07, 6.45) is 65.2. The molecule has 6 atom stereocenters. The number of nitrogens with zero attached hydrogens (tertiary/aromatic N) is 2. The molecule has 0 aliphatic rings. The van der Waals surface area contributed by atoms with Crippen LogP contribution >= 0.6 is 15.6 Å². The van der Waals surface area contributed by atoms with Gasteiger partial charge in [0.1, 0.15) is 50.7 Å². The van der Waals surface area contributed by atoms with E-state index in [1.165, 1.54) is 205 Å². The average Bonchev–Trinajstić information content (AvgIpc) is 0.867. The van der Waals surface area contributed by atoms with Crippen LogP contribution in [0.15, 0.2) is 0 Å². The molecule has 0 saturated heterocycles. The van der Waals surface area contributed by atoms with E-state index in [0.717, 1.165) is 154 Å². The summed E-state index contributed by atoms with van der Waals surface area (Å²) in [6.45, 7) is 14.7. The molecule has 0 rings (SSSR count). The minimum atomic E-state index is -4.84. The zero-order chi connectivity index (χ0) is 79.6. The fourth-order valence-electron chi connectivity index (χ4n) is 14.1. The number of quaternary nitrogens is 2. The van der Waals surface area contributed by atoms with Gasteiger partial charge in [0.05, 0.1) is 67.7 Å². The van der Waals surface area contributed by atoms with E-state index in [0.29, 0.717) is 47.9 Å². The molecule has 0 radical (unpaired) electrons. The molecule has 0 aliphatic heterocycles. The number of urea groups is 1. The maximum absolute atomic E-state index is 13.3. The van der Waals surface area contributed by atoms with E-state index in [-0.39, 0.29) is 135 Å². The number of hydrogen-bond donors (Lipinski definition) is 2. The van der Waals surface area contributed by atoms with E-state index in [1.807, 2.05) is 0 Å². The van der Waals surface area contributed by atoms with E-state index in [2.05, 4.69) is 80.4 Å². The Hall–Kier alpha value is 0.270. The first kappa shape index (κ1) is 114. The normalized spacial score (nSPS) is 14.1. The van der Waals surface area contributed by atoms with Gasteiger partial charge in [-0.25, -0.2) is 4.79 Å². The minimum Gasteiger partial charge on any atom is -0.756 e. The van der Waals surface area contributed by atoms with E-state index >= 15 is 0 Å². The van der Waals surface area contributed by atoms with E-state index in [9.17, 15) is 33.3 Å². The Bertz CT molecular complexity index is 1970. The molecule has 23 heteroatoms. The SMILES string of the molecule is CCCCCCCCCCCCCC[N+](C)(C)[C@H](COCC[C@@H](CCCCCCC)OC(=O)CCCCCCCCCCC)COP(=O)([O-])OCCNC(=O)NCCOP(=O)([O-])OC[C@@H](COCC[C@@H](CCCCCCC)OC(=O)CCCCCCCCCCC)[N+](C)(C)CCCCCCCCCCCCCC.[Na+].[Na+]. The second-order valence-electron chi connectivity index (χ2n) is 32.9. The van der Waals surface area contributed by atoms with Crippen molar-refractivity contribution in [2.24, 2.45) is 0 Å². The number of ether oxygens (including phenoxy) is 4. The summed E-state index contributed by atoms with van der Waals surface area (Å²) in [6, 6.07) is -1.39. The van der Waals surface area contributed by atoms with Gasteiger partial charge < -0.3 is 66.4 Å². The summed E-state index contributed by atoms with van der Waals surface area (Å²) in [5, 5.41) is 5.11. The predicted octanol–water partition coefficient (Wildman–Crippen LogP) is 16.8. The van der Waals surface area contributed by atoms with Gasteiger partial charge in [-0.3, -0.25) is 18.7 Å². The number of esters is 2. The first-order valence-corrected chi connectivity index (χ1v) is 48.5. The van der Waals surface area contributed by atoms with Crippen molar-refractivity contribution >= 4 is 33.6 Å². The largest absolute Gasteiger partial charge is 1.00 e. The number of rotatable bonds is 86. The molecule has 0 saturated carbocycles. The van der Waals surface area contributed by atoms with Crippen LogP contribution in [0.1, 0.15) is 414 Å². The molecule has 0 aromatic rings. The Kier molecular flexibility index (Phi) is 84.9. The topological polar surface area (TPSA) is 229 Å². The summed E-state index contributed by atoms with van der Waals surface area (Å²) in [7, 11) is -1.34. The van der Waals surface area contributed by atoms with Gasteiger partial charge in [-0.05, 0) is 64.2 Å². The first-order valence-electron chi connectivity index (χ1n) is 45.6. The van der Waals surface area contributed by atoms with Gasteiger partial charge in [-0.1, -0.05) is 324 Å². The third kappa shape index (κ3) is 75.7. The van der Waals surface area contributed by atoms with Gasteiger partial charge in [0, 0.05) is 38.8 Å². The van der Waals surface area contributed by atoms with Crippen molar-refractivity contribution in [3.8, 4) is 0 Å². The second kappa shape index (κ2) is 81.6. The maximum atomic E-state index is 13.3. The van der Waals surface area contributed by atoms with Crippen molar-refractivity contribution < 1.29 is 138 Å². The third-order valence-corrected chi connectivity index (χ3v) is 23.8. The Morgan fingerprint density at radius 2 is 0.545 bits per heavy atom. The van der Waals surface area contributed by atoms with Crippen LogP contribution in [0.5, 0.6) is 0 Å². The Morgan fingerprint density at radius 3 is 0.809 bits per heavy atom. The van der Waals surface area contributed by atoms with Crippen LogP contribution in [0.4, 0.5) is 4.79 Å². The molecule has 2 amide bonds. The van der Waals surface area contributed by atoms with Crippen molar-refractivity contribution in [3.63, 3.8) is 0 Å². The number of phosphoric acid groups is 2. The van der Waals surface area contributed by atoms with Gasteiger partial charge in [-0.15, -0.1) is 0 Å². The summed E-state index contributed by atoms with van der Waals surface area (Å²) in [5.74, 6) is -0.285. The monoisotopic (exact) mass is 1630 g/mol. The molecule has 0 aromatic heterocycles. The summed E-state index contributed by atoms with van der Waals surface area (Å²) in [5.41, 5.74) is 0. The fourth-order valence-corrected chi connectivity index (χ4v) is 15.6. The van der Waals surface area contributed by atoms with Crippen LogP contribution in [0.3, 0.4) is 0 Å². The number of nitrogens with one attached hydrogen (secondary N) is 2. The van der Waals surface area contributed by atoms with Gasteiger partial charge in [0.2, 0.25) is 0 Å². The van der Waals surface area contributed by atoms with E-state index in [4.69, 9.17) is 37.0 Å². The standard InChI is InChI=1S/C87H176N4O15P2.2Na/c1-11-17-23-29-33-37-39-41-45-49-55-61-71-90(7,8)81(77-99-73-67-83(63-57-51-27-21-15-5)105-85(92)65-59-53-47-43-35-31-25-19-13-3)79-103-107(95,96)101-75-69-88-87(94)89-70-76-102-108(97,98)104-80-82(91(9,10)72-62-56-50-46-42-40-38-34-30-24-18-12-2)78-100-74-68-84(64-58-52-28-22-16-6)106-86(93)66-60-54-48-44-36-32-26-20-14-4;;/h81-84H,11-80H2,1-10H3,(H2-2,88,89,94,95,96,97,98);;/q;2*+1/t81-,82-,83-,84-;;/m1../s1. The molecule has 2 unspecified atom stereocenters. The van der Waals surface area contributed by atoms with Crippen LogP contribution in [0.25, 0.3) is 0 Å². The van der Waals surface area contributed by atoms with Crippen molar-refractivity contribution in [1.82, 2.24) is 10.6 Å². The van der Waals surface area contributed by atoms with Crippen molar-refractivity contribution in [1.29, 1.82) is 0 Å². The number of amides is 2. The molecule has 0 aliphatic carbocycles. The van der Waals surface area contributed by atoms with Crippen LogP contribution < -0.4 is 79.5 Å². The maximum Gasteiger partial charge on any atom is 1.00 e. The molecule has 0 spiro atoms. The van der Waals surface area contributed by atoms with Gasteiger partial charge in [0.25, 0.3) is 15.6 Å². The van der Waals surface area contributed by atoms with Crippen LogP contribution in [0, 0.1) is 0 Å². The molecule has 0 fully saturated rings. The van der Waals surface area contributed by atoms with E-state index in [1.54, 1.807) is 0 Å². The molecule has 19 nitrogen and oxygen atoms in total. The molecule has 0 bridgehead atoms. The first-order chi connectivity index (χ1) is 52.2. The van der Waals surface area contributed by atoms with Crippen molar-refractivity contribution in [3.05, 3.63) is 0 Å². The Labute approximate surface area is 722 Å². The number of phosphoric ester groups is 2. The molecule has 644 valence electrons. The quantitative estimate of drug-likeness (QED) is 0.0190. The van der Waals surface area contributed by atoms with Crippen LogP contribution in [0.2, 0.25) is 0 Å². The minimum absolute atomic E-state index is 0. The second-order valence-corrected chi connectivity index (χ2v) is 35.8. The van der Waals surface area contributed by atoms with Gasteiger partial charge >= 0.3 is 77.1 Å². The zero-order valence-electron chi connectivity index (χ0n) is 74.2. The Morgan fingerprint density at radius 1 is 0.309 bits per heavy atom. The number of carbonyl (C=O) groups excluding carboxylic acids is 3. The average molecular weight is 1630 g/mol. The Balaban J connectivity index is -0.0000572. The molecule has 0 heterocycles. The predicted molar refractivity (Wildman–Crippen MR) is 445 cm³/mol. The summed E-state index contributed by atoms with van der Waals surface area (Å²) < 4.78 is 74.2. The molecule has 0 aromatic carbocycles. The van der Waals surface area contributed by atoms with Crippen LogP contribution in [-0.2, 0) is 55.8 Å². The van der Waals surface area contributed by atoms with Crippen molar-refractivity contribution in [2.45, 2.75) is 438 Å². The smallest absolute Gasteiger partial charge is 0.756 e. The number of carbonyl (C=O) groups is 3. The zero-order valence-corrected chi connectivity index (χ0v) is 80.0. The molecule has 110 heavy (non-hydrogen) atoms. The number of likely N-dealkylation sites (N-methyl/N-ethyl adjacent to an activating group) is 2. The van der Waals surface area contributed by atoms with Gasteiger partial charge in [0.15, 0.2) is 0 Å². The number of hydrogen-bond acceptors (Lipinski definition) is 15. The van der Waals surface area contributed by atoms with Gasteiger partial charge in [-0.2, -0.15) is 0 Å². The molecule has 2 N–H and O–H groups in total. The summed E-state index contributed by atoms with van der Waals surface area (Å²) >= 11 is 0. The third-order valence-electron chi connectivity index (χ3n) is 21.9. The molecular weight excluding hydrogens is 1450 g/mol. The number of unbranched alkanes of at least 4 members (excludes halogenated alkanes) is 46. The summed E-state index contributed by atoms with van der Waals surface area (Å²) in [4.78, 5) is 65.8. The van der Waals surface area contributed by atoms with Crippen LogP contribution in [-0.4, -0.2) is 158 Å². The fraction of sp³-hybridized carbons (Fsp3) is 0.966.